The zero-order chi connectivity index (χ0) is 14.9. The lowest BCUT2D eigenvalue weighted by Gasteiger charge is -1.95. The maximum atomic E-state index is 8.85. The fraction of sp³-hybridized carbons (Fsp3) is 0. The minimum absolute atomic E-state index is 0.649. The summed E-state index contributed by atoms with van der Waals surface area (Å²) in [6, 6.07) is 19.7. The molecule has 4 nitrogen and oxygen atoms in total. The lowest BCUT2D eigenvalue weighted by molar-refractivity contribution is 1.10. The van der Waals surface area contributed by atoms with Crippen molar-refractivity contribution >= 4 is 10.9 Å². The van der Waals surface area contributed by atoms with Gasteiger partial charge in [0.25, 0.3) is 0 Å². The molecule has 0 amide bonds. The number of nitrogens with one attached hydrogen (secondary N) is 2. The molecule has 104 valence electrons. The Bertz CT molecular complexity index is 984. The number of hydrogen-bond acceptors (Lipinski definition) is 2. The first-order valence-electron chi connectivity index (χ1n) is 6.97. The minimum Gasteiger partial charge on any atom is -0.360 e. The van der Waals surface area contributed by atoms with Crippen molar-refractivity contribution in [3.8, 4) is 28.6 Å². The van der Waals surface area contributed by atoms with Gasteiger partial charge in [0.15, 0.2) is 0 Å². The van der Waals surface area contributed by atoms with Gasteiger partial charge in [-0.05, 0) is 24.3 Å². The van der Waals surface area contributed by atoms with E-state index in [1.807, 2.05) is 36.5 Å². The monoisotopic (exact) mass is 284 g/mol. The Morgan fingerprint density at radius 3 is 2.64 bits per heavy atom. The van der Waals surface area contributed by atoms with Crippen LogP contribution in [0.25, 0.3) is 33.4 Å². The predicted molar refractivity (Wildman–Crippen MR) is 86.0 cm³/mol. The van der Waals surface area contributed by atoms with E-state index in [0.717, 1.165) is 33.4 Å². The van der Waals surface area contributed by atoms with Gasteiger partial charge in [-0.3, -0.25) is 5.10 Å². The average Bonchev–Trinajstić information content (AvgIpc) is 3.21. The van der Waals surface area contributed by atoms with Crippen LogP contribution in [0, 0.1) is 11.3 Å². The van der Waals surface area contributed by atoms with Crippen LogP contribution >= 0.6 is 0 Å². The first-order valence-corrected chi connectivity index (χ1v) is 6.97. The summed E-state index contributed by atoms with van der Waals surface area (Å²) in [6.45, 7) is 0. The molecule has 0 aliphatic carbocycles. The van der Waals surface area contributed by atoms with Gasteiger partial charge in [0.2, 0.25) is 0 Å². The highest BCUT2D eigenvalue weighted by atomic mass is 15.1. The van der Waals surface area contributed by atoms with Crippen LogP contribution in [0.3, 0.4) is 0 Å². The number of nitriles is 1. The summed E-state index contributed by atoms with van der Waals surface area (Å²) in [5.41, 5.74) is 5.68. The van der Waals surface area contributed by atoms with E-state index in [0.29, 0.717) is 5.56 Å². The predicted octanol–water partition coefficient (Wildman–Crippen LogP) is 4.10. The van der Waals surface area contributed by atoms with Crippen LogP contribution in [0.15, 0.2) is 60.8 Å². The molecule has 2 N–H and O–H groups in total. The molecule has 0 unspecified atom stereocenters. The zero-order valence-electron chi connectivity index (χ0n) is 11.7. The van der Waals surface area contributed by atoms with Crippen LogP contribution < -0.4 is 0 Å². The van der Waals surface area contributed by atoms with Crippen molar-refractivity contribution in [1.82, 2.24) is 15.2 Å². The van der Waals surface area contributed by atoms with E-state index in [1.54, 1.807) is 12.1 Å². The third-order valence-corrected chi connectivity index (χ3v) is 3.77. The lowest BCUT2D eigenvalue weighted by atomic mass is 10.1. The van der Waals surface area contributed by atoms with Gasteiger partial charge in [-0.25, -0.2) is 0 Å². The maximum absolute atomic E-state index is 8.85. The van der Waals surface area contributed by atoms with Crippen LogP contribution in [0.4, 0.5) is 0 Å². The molecule has 0 aliphatic rings. The minimum atomic E-state index is 0.649. The highest BCUT2D eigenvalue weighted by Crippen LogP contribution is 2.29. The number of aromatic amines is 2. The van der Waals surface area contributed by atoms with E-state index in [4.69, 9.17) is 5.26 Å². The largest absolute Gasteiger partial charge is 0.360 e. The summed E-state index contributed by atoms with van der Waals surface area (Å²) in [4.78, 5) is 3.27. The second kappa shape index (κ2) is 4.90. The Morgan fingerprint density at radius 1 is 1.00 bits per heavy atom. The summed E-state index contributed by atoms with van der Waals surface area (Å²) in [7, 11) is 0. The lowest BCUT2D eigenvalue weighted by Crippen LogP contribution is -1.78. The Labute approximate surface area is 127 Å². The number of H-pyrrole nitrogens is 2. The molecule has 22 heavy (non-hydrogen) atoms. The number of hydrogen-bond donors (Lipinski definition) is 2. The third-order valence-electron chi connectivity index (χ3n) is 3.77. The van der Waals surface area contributed by atoms with E-state index in [1.165, 1.54) is 0 Å². The number of para-hydroxylation sites is 1. The molecule has 0 aliphatic heterocycles. The summed E-state index contributed by atoms with van der Waals surface area (Å²) >= 11 is 0. The van der Waals surface area contributed by atoms with E-state index < -0.39 is 0 Å². The molecule has 0 saturated heterocycles. The van der Waals surface area contributed by atoms with E-state index >= 15 is 0 Å². The van der Waals surface area contributed by atoms with Gasteiger partial charge in [0, 0.05) is 28.2 Å². The smallest absolute Gasteiger partial charge is 0.0991 e. The van der Waals surface area contributed by atoms with Crippen molar-refractivity contribution in [2.24, 2.45) is 0 Å². The molecule has 0 atom stereocenters. The summed E-state index contributed by atoms with van der Waals surface area (Å²) in [6.07, 6.45) is 1.99. The van der Waals surface area contributed by atoms with Crippen LogP contribution in [-0.4, -0.2) is 15.2 Å². The standard InChI is InChI=1S/C18H12N4/c19-10-12-5-7-13(8-6-12)17-9-18(22-21-17)15-11-20-16-4-2-1-3-14(15)16/h1-9,11,20H,(H,21,22). The first kappa shape index (κ1) is 12.4. The van der Waals surface area contributed by atoms with Gasteiger partial charge in [0.1, 0.15) is 0 Å². The molecule has 2 aromatic carbocycles. The third kappa shape index (κ3) is 1.97. The normalized spacial score (nSPS) is 10.7. The summed E-state index contributed by atoms with van der Waals surface area (Å²) in [5.74, 6) is 0. The van der Waals surface area contributed by atoms with Crippen molar-refractivity contribution in [2.75, 3.05) is 0 Å². The number of rotatable bonds is 2. The first-order chi connectivity index (χ1) is 10.8. The van der Waals surface area contributed by atoms with Crippen molar-refractivity contribution in [2.45, 2.75) is 0 Å². The average molecular weight is 284 g/mol. The molecule has 2 heterocycles. The molecule has 4 heteroatoms. The van der Waals surface area contributed by atoms with Gasteiger partial charge in [-0.15, -0.1) is 0 Å². The molecular weight excluding hydrogens is 272 g/mol. The number of aromatic nitrogens is 3. The van der Waals surface area contributed by atoms with Crippen LogP contribution in [-0.2, 0) is 0 Å². The van der Waals surface area contributed by atoms with Crippen LogP contribution in [0.2, 0.25) is 0 Å². The number of fused-ring (bicyclic) bond motifs is 1. The fourth-order valence-electron chi connectivity index (χ4n) is 2.62. The van der Waals surface area contributed by atoms with E-state index in [-0.39, 0.29) is 0 Å². The van der Waals surface area contributed by atoms with Crippen molar-refractivity contribution in [3.63, 3.8) is 0 Å². The number of benzene rings is 2. The number of nitrogens with zero attached hydrogens (tertiary/aromatic N) is 2. The summed E-state index contributed by atoms with van der Waals surface area (Å²) in [5, 5.41) is 17.5. The van der Waals surface area contributed by atoms with Crippen LogP contribution in [0.5, 0.6) is 0 Å². The molecule has 0 fully saturated rings. The van der Waals surface area contributed by atoms with E-state index in [2.05, 4.69) is 33.4 Å². The van der Waals surface area contributed by atoms with Gasteiger partial charge in [-0.2, -0.15) is 10.4 Å². The molecular formula is C18H12N4. The fourth-order valence-corrected chi connectivity index (χ4v) is 2.62. The Balaban J connectivity index is 1.76. The molecule has 0 spiro atoms. The molecule has 2 aromatic heterocycles. The highest BCUT2D eigenvalue weighted by molar-refractivity contribution is 5.95. The zero-order valence-corrected chi connectivity index (χ0v) is 11.7. The molecule has 0 bridgehead atoms. The van der Waals surface area contributed by atoms with E-state index in [9.17, 15) is 0 Å². The summed E-state index contributed by atoms with van der Waals surface area (Å²) < 4.78 is 0. The SMILES string of the molecule is N#Cc1ccc(-c2cc(-c3c[nH]c4ccccc34)[nH]n2)cc1. The maximum Gasteiger partial charge on any atom is 0.0991 e. The van der Waals surface area contributed by atoms with Gasteiger partial charge in [0.05, 0.1) is 23.0 Å². The van der Waals surface area contributed by atoms with Crippen molar-refractivity contribution < 1.29 is 0 Å². The molecule has 4 rings (SSSR count). The van der Waals surface area contributed by atoms with Gasteiger partial charge in [-0.1, -0.05) is 30.3 Å². The molecule has 0 saturated carbocycles. The van der Waals surface area contributed by atoms with Gasteiger partial charge < -0.3 is 4.98 Å². The topological polar surface area (TPSA) is 68.3 Å². The van der Waals surface area contributed by atoms with Crippen LogP contribution in [0.1, 0.15) is 5.56 Å². The second-order valence-corrected chi connectivity index (χ2v) is 5.10. The van der Waals surface area contributed by atoms with Gasteiger partial charge >= 0.3 is 0 Å². The quantitative estimate of drug-likeness (QED) is 0.582. The second-order valence-electron chi connectivity index (χ2n) is 5.10. The van der Waals surface area contributed by atoms with Crippen molar-refractivity contribution in [1.29, 1.82) is 5.26 Å². The Kier molecular flexibility index (Phi) is 2.77. The highest BCUT2D eigenvalue weighted by Gasteiger charge is 2.10. The molecule has 4 aromatic rings. The van der Waals surface area contributed by atoms with Crippen molar-refractivity contribution in [3.05, 3.63) is 66.4 Å². The Morgan fingerprint density at radius 2 is 1.82 bits per heavy atom. The molecule has 0 radical (unpaired) electrons. The Hall–Kier alpha value is -3.32.